The summed E-state index contributed by atoms with van der Waals surface area (Å²) >= 11 is 0. The van der Waals surface area contributed by atoms with E-state index < -0.39 is 5.97 Å². The van der Waals surface area contributed by atoms with Gasteiger partial charge in [-0.15, -0.1) is 0 Å². The Kier molecular flexibility index (Phi) is 3.51. The molecule has 0 aliphatic carbocycles. The van der Waals surface area contributed by atoms with Crippen LogP contribution < -0.4 is 10.2 Å². The standard InChI is InChI=1S/C18H14O4/c1-11-17(20)15-10-14(21-12(2)19)8-9-16(15)22-18(11)13-6-4-3-5-7-13/h3-10H,1-2H3. The average molecular weight is 294 g/mol. The first kappa shape index (κ1) is 14.1. The predicted octanol–water partition coefficient (Wildman–Crippen LogP) is 3.69. The number of ether oxygens (including phenoxy) is 1. The minimum atomic E-state index is -0.429. The molecule has 1 aromatic heterocycles. The van der Waals surface area contributed by atoms with Crippen molar-refractivity contribution in [2.75, 3.05) is 0 Å². The monoisotopic (exact) mass is 294 g/mol. The third-order valence-corrected chi connectivity index (χ3v) is 3.39. The third-order valence-electron chi connectivity index (χ3n) is 3.39. The molecule has 2 aromatic carbocycles. The van der Waals surface area contributed by atoms with Crippen molar-refractivity contribution < 1.29 is 13.9 Å². The molecule has 22 heavy (non-hydrogen) atoms. The van der Waals surface area contributed by atoms with Gasteiger partial charge in [-0.1, -0.05) is 30.3 Å². The summed E-state index contributed by atoms with van der Waals surface area (Å²) in [6, 6.07) is 14.3. The Labute approximate surface area is 127 Å². The van der Waals surface area contributed by atoms with E-state index in [1.807, 2.05) is 30.3 Å². The molecule has 3 aromatic rings. The fourth-order valence-corrected chi connectivity index (χ4v) is 2.36. The summed E-state index contributed by atoms with van der Waals surface area (Å²) < 4.78 is 10.9. The largest absolute Gasteiger partial charge is 0.456 e. The highest BCUT2D eigenvalue weighted by Gasteiger charge is 2.13. The Hall–Kier alpha value is -2.88. The van der Waals surface area contributed by atoms with Gasteiger partial charge in [0.05, 0.1) is 5.39 Å². The van der Waals surface area contributed by atoms with E-state index in [2.05, 4.69) is 0 Å². The van der Waals surface area contributed by atoms with Gasteiger partial charge in [-0.2, -0.15) is 0 Å². The Balaban J connectivity index is 2.22. The Morgan fingerprint density at radius 3 is 2.50 bits per heavy atom. The van der Waals surface area contributed by atoms with Gasteiger partial charge in [-0.25, -0.2) is 0 Å². The van der Waals surface area contributed by atoms with E-state index in [9.17, 15) is 9.59 Å². The summed E-state index contributed by atoms with van der Waals surface area (Å²) in [6.07, 6.45) is 0. The van der Waals surface area contributed by atoms with Crippen LogP contribution in [0.2, 0.25) is 0 Å². The fourth-order valence-electron chi connectivity index (χ4n) is 2.36. The van der Waals surface area contributed by atoms with Crippen LogP contribution in [0.3, 0.4) is 0 Å². The Bertz CT molecular complexity index is 908. The SMILES string of the molecule is CC(=O)Oc1ccc2oc(-c3ccccc3)c(C)c(=O)c2c1. The molecule has 0 saturated carbocycles. The first-order chi connectivity index (χ1) is 10.6. The first-order valence-corrected chi connectivity index (χ1v) is 6.87. The Morgan fingerprint density at radius 2 is 1.82 bits per heavy atom. The summed E-state index contributed by atoms with van der Waals surface area (Å²) in [6.45, 7) is 3.04. The van der Waals surface area contributed by atoms with Gasteiger partial charge in [0.2, 0.25) is 0 Å². The number of hydrogen-bond donors (Lipinski definition) is 0. The molecule has 0 saturated heterocycles. The topological polar surface area (TPSA) is 56.5 Å². The molecule has 0 fully saturated rings. The zero-order valence-electron chi connectivity index (χ0n) is 12.3. The lowest BCUT2D eigenvalue weighted by Gasteiger charge is -2.08. The molecule has 0 aliphatic heterocycles. The highest BCUT2D eigenvalue weighted by atomic mass is 16.5. The minimum absolute atomic E-state index is 0.130. The molecule has 4 nitrogen and oxygen atoms in total. The van der Waals surface area contributed by atoms with Crippen LogP contribution in [0.25, 0.3) is 22.3 Å². The smallest absolute Gasteiger partial charge is 0.308 e. The van der Waals surface area contributed by atoms with E-state index in [0.717, 1.165) is 5.56 Å². The molecule has 0 aliphatic rings. The van der Waals surface area contributed by atoms with Gasteiger partial charge in [0, 0.05) is 18.1 Å². The van der Waals surface area contributed by atoms with Crippen LogP contribution in [-0.2, 0) is 4.79 Å². The zero-order chi connectivity index (χ0) is 15.7. The molecule has 0 bridgehead atoms. The molecule has 0 N–H and O–H groups in total. The second-order valence-electron chi connectivity index (χ2n) is 5.00. The number of rotatable bonds is 2. The van der Waals surface area contributed by atoms with E-state index in [4.69, 9.17) is 9.15 Å². The van der Waals surface area contributed by atoms with Crippen molar-refractivity contribution in [2.45, 2.75) is 13.8 Å². The number of esters is 1. The van der Waals surface area contributed by atoms with Gasteiger partial charge in [0.25, 0.3) is 0 Å². The quantitative estimate of drug-likeness (QED) is 0.534. The van der Waals surface area contributed by atoms with Crippen molar-refractivity contribution >= 4 is 16.9 Å². The van der Waals surface area contributed by atoms with Crippen LogP contribution in [0.15, 0.2) is 57.7 Å². The van der Waals surface area contributed by atoms with Gasteiger partial charge in [-0.05, 0) is 25.1 Å². The van der Waals surface area contributed by atoms with Crippen molar-refractivity contribution in [3.05, 3.63) is 64.3 Å². The first-order valence-electron chi connectivity index (χ1n) is 6.87. The maximum atomic E-state index is 12.6. The van der Waals surface area contributed by atoms with E-state index in [0.29, 0.717) is 28.0 Å². The van der Waals surface area contributed by atoms with Crippen molar-refractivity contribution in [2.24, 2.45) is 0 Å². The van der Waals surface area contributed by atoms with E-state index in [1.54, 1.807) is 19.1 Å². The highest BCUT2D eigenvalue weighted by Crippen LogP contribution is 2.27. The van der Waals surface area contributed by atoms with Crippen LogP contribution >= 0.6 is 0 Å². The predicted molar refractivity (Wildman–Crippen MR) is 84.0 cm³/mol. The molecule has 0 unspecified atom stereocenters. The number of carbonyl (C=O) groups is 1. The summed E-state index contributed by atoms with van der Waals surface area (Å²) in [5.74, 6) is 0.457. The van der Waals surface area contributed by atoms with Crippen molar-refractivity contribution in [1.82, 2.24) is 0 Å². The minimum Gasteiger partial charge on any atom is -0.456 e. The van der Waals surface area contributed by atoms with Gasteiger partial charge >= 0.3 is 5.97 Å². The van der Waals surface area contributed by atoms with Crippen molar-refractivity contribution in [3.63, 3.8) is 0 Å². The lowest BCUT2D eigenvalue weighted by atomic mass is 10.1. The maximum absolute atomic E-state index is 12.6. The number of fused-ring (bicyclic) bond motifs is 1. The second-order valence-corrected chi connectivity index (χ2v) is 5.00. The average Bonchev–Trinajstić information content (AvgIpc) is 2.51. The highest BCUT2D eigenvalue weighted by molar-refractivity contribution is 5.82. The summed E-state index contributed by atoms with van der Waals surface area (Å²) in [7, 11) is 0. The lowest BCUT2D eigenvalue weighted by molar-refractivity contribution is -0.131. The molecule has 0 spiro atoms. The normalized spacial score (nSPS) is 10.6. The third kappa shape index (κ3) is 2.51. The maximum Gasteiger partial charge on any atom is 0.308 e. The van der Waals surface area contributed by atoms with Crippen LogP contribution in [0, 0.1) is 6.92 Å². The molecule has 0 radical (unpaired) electrons. The number of carbonyl (C=O) groups excluding carboxylic acids is 1. The van der Waals surface area contributed by atoms with Gasteiger partial charge in [-0.3, -0.25) is 9.59 Å². The zero-order valence-corrected chi connectivity index (χ0v) is 12.3. The molecule has 0 amide bonds. The summed E-state index contributed by atoms with van der Waals surface area (Å²) in [4.78, 5) is 23.6. The second kappa shape index (κ2) is 5.48. The molecule has 110 valence electrons. The fraction of sp³-hybridized carbons (Fsp3) is 0.111. The molecule has 3 rings (SSSR count). The van der Waals surface area contributed by atoms with E-state index >= 15 is 0 Å². The number of benzene rings is 2. The summed E-state index contributed by atoms with van der Waals surface area (Å²) in [5.41, 5.74) is 1.71. The molecular formula is C18H14O4. The summed E-state index contributed by atoms with van der Waals surface area (Å²) in [5, 5.41) is 0.399. The van der Waals surface area contributed by atoms with E-state index in [-0.39, 0.29) is 5.43 Å². The van der Waals surface area contributed by atoms with Crippen LogP contribution in [-0.4, -0.2) is 5.97 Å². The van der Waals surface area contributed by atoms with Crippen LogP contribution in [0.4, 0.5) is 0 Å². The van der Waals surface area contributed by atoms with E-state index in [1.165, 1.54) is 13.0 Å². The molecule has 0 atom stereocenters. The van der Waals surface area contributed by atoms with Crippen molar-refractivity contribution in [3.8, 4) is 17.1 Å². The Morgan fingerprint density at radius 1 is 1.09 bits per heavy atom. The van der Waals surface area contributed by atoms with Crippen LogP contribution in [0.5, 0.6) is 5.75 Å². The molecule has 4 heteroatoms. The molecular weight excluding hydrogens is 280 g/mol. The van der Waals surface area contributed by atoms with Gasteiger partial charge < -0.3 is 9.15 Å². The van der Waals surface area contributed by atoms with Crippen molar-refractivity contribution in [1.29, 1.82) is 0 Å². The molecule has 1 heterocycles. The number of hydrogen-bond acceptors (Lipinski definition) is 4. The lowest BCUT2D eigenvalue weighted by Crippen LogP contribution is -2.08. The van der Waals surface area contributed by atoms with Crippen LogP contribution in [0.1, 0.15) is 12.5 Å². The van der Waals surface area contributed by atoms with Gasteiger partial charge in [0.1, 0.15) is 17.1 Å². The van der Waals surface area contributed by atoms with Gasteiger partial charge in [0.15, 0.2) is 5.43 Å².